The lowest BCUT2D eigenvalue weighted by molar-refractivity contribution is -0.137. The highest BCUT2D eigenvalue weighted by Gasteiger charge is 2.42. The minimum Gasteiger partial charge on any atom is -0.339 e. The molecular formula is C57H65F3N2S. The van der Waals surface area contributed by atoms with Crippen molar-refractivity contribution < 1.29 is 13.2 Å². The van der Waals surface area contributed by atoms with E-state index in [9.17, 15) is 13.2 Å². The molecule has 6 aromatic rings. The molecule has 0 saturated heterocycles. The van der Waals surface area contributed by atoms with Gasteiger partial charge in [0, 0.05) is 50.0 Å². The first-order valence-corrected chi connectivity index (χ1v) is 23.9. The Balaban J connectivity index is 1.22. The summed E-state index contributed by atoms with van der Waals surface area (Å²) in [5.74, 6) is 0.515. The number of anilines is 4. The van der Waals surface area contributed by atoms with Gasteiger partial charge in [0.1, 0.15) is 0 Å². The highest BCUT2D eigenvalue weighted by Crippen LogP contribution is 2.52. The predicted molar refractivity (Wildman–Crippen MR) is 262 cm³/mol. The second-order valence-corrected chi connectivity index (χ2v) is 19.9. The number of benzene rings is 6. The molecule has 6 aromatic carbocycles. The number of hydrogen-bond acceptors (Lipinski definition) is 3. The van der Waals surface area contributed by atoms with Crippen LogP contribution in [0.2, 0.25) is 0 Å². The first kappa shape index (κ1) is 46.1. The molecule has 0 saturated carbocycles. The third-order valence-electron chi connectivity index (χ3n) is 13.4. The normalized spacial score (nSPS) is 13.9. The second-order valence-electron chi connectivity index (χ2n) is 18.7. The van der Waals surface area contributed by atoms with E-state index in [-0.39, 0.29) is 22.9 Å². The molecule has 1 aliphatic rings. The molecule has 1 unspecified atom stereocenters. The molecule has 63 heavy (non-hydrogen) atoms. The van der Waals surface area contributed by atoms with Gasteiger partial charge in [-0.2, -0.15) is 13.2 Å². The zero-order chi connectivity index (χ0) is 45.1. The van der Waals surface area contributed by atoms with Crippen molar-refractivity contribution in [3.05, 3.63) is 167 Å². The zero-order valence-electron chi connectivity index (χ0n) is 38.7. The van der Waals surface area contributed by atoms with E-state index in [0.29, 0.717) is 5.92 Å². The predicted octanol–water partition coefficient (Wildman–Crippen LogP) is 17.6. The van der Waals surface area contributed by atoms with Crippen LogP contribution in [0.4, 0.5) is 35.9 Å². The number of alkyl halides is 3. The van der Waals surface area contributed by atoms with Crippen LogP contribution < -0.4 is 9.80 Å². The SMILES string of the molecule is CCCC(CCC)(Cc1ccc2c(c1)C(C)(C)c1cc(N(c3ccc(C(F)(F)F)cc3)C(C)C)ccc1-2)C(CC)N(c1ccccc1)c1ccc(Sc2ccc(C(C)C)cc2)cc1. The van der Waals surface area contributed by atoms with Crippen LogP contribution in [0.15, 0.2) is 149 Å². The summed E-state index contributed by atoms with van der Waals surface area (Å²) >= 11 is 1.82. The van der Waals surface area contributed by atoms with Gasteiger partial charge in [-0.3, -0.25) is 0 Å². The van der Waals surface area contributed by atoms with Crippen LogP contribution in [-0.4, -0.2) is 12.1 Å². The van der Waals surface area contributed by atoms with E-state index in [1.54, 1.807) is 12.1 Å². The molecule has 0 bridgehead atoms. The number of hydrogen-bond donors (Lipinski definition) is 0. The van der Waals surface area contributed by atoms with E-state index in [1.807, 2.05) is 11.8 Å². The average Bonchev–Trinajstić information content (AvgIpc) is 3.48. The first-order valence-electron chi connectivity index (χ1n) is 23.1. The van der Waals surface area contributed by atoms with Gasteiger partial charge in [0.25, 0.3) is 0 Å². The molecule has 6 heteroatoms. The fourth-order valence-corrected chi connectivity index (χ4v) is 11.3. The van der Waals surface area contributed by atoms with Crippen molar-refractivity contribution in [2.24, 2.45) is 5.41 Å². The molecule has 0 aromatic heterocycles. The van der Waals surface area contributed by atoms with Crippen molar-refractivity contribution in [3.8, 4) is 11.1 Å². The van der Waals surface area contributed by atoms with Crippen molar-refractivity contribution in [2.45, 2.75) is 140 Å². The zero-order valence-corrected chi connectivity index (χ0v) is 39.5. The molecule has 0 spiro atoms. The van der Waals surface area contributed by atoms with E-state index in [0.717, 1.165) is 49.9 Å². The third-order valence-corrected chi connectivity index (χ3v) is 14.4. The Hall–Kier alpha value is -4.94. The summed E-state index contributed by atoms with van der Waals surface area (Å²) in [6, 6.07) is 48.8. The van der Waals surface area contributed by atoms with Crippen molar-refractivity contribution in [1.82, 2.24) is 0 Å². The summed E-state index contributed by atoms with van der Waals surface area (Å²) < 4.78 is 40.4. The monoisotopic (exact) mass is 866 g/mol. The molecule has 0 aliphatic heterocycles. The molecule has 0 N–H and O–H groups in total. The Morgan fingerprint density at radius 3 is 1.62 bits per heavy atom. The number of halogens is 3. The van der Waals surface area contributed by atoms with Gasteiger partial charge < -0.3 is 9.80 Å². The summed E-state index contributed by atoms with van der Waals surface area (Å²) in [6.07, 6.45) is 2.02. The van der Waals surface area contributed by atoms with E-state index in [2.05, 4.69) is 187 Å². The van der Waals surface area contributed by atoms with Gasteiger partial charge in [-0.25, -0.2) is 0 Å². The Bertz CT molecular complexity index is 2430. The van der Waals surface area contributed by atoms with Gasteiger partial charge >= 0.3 is 6.18 Å². The fourth-order valence-electron chi connectivity index (χ4n) is 10.5. The van der Waals surface area contributed by atoms with Crippen molar-refractivity contribution in [3.63, 3.8) is 0 Å². The summed E-state index contributed by atoms with van der Waals surface area (Å²) in [6.45, 7) is 20.3. The van der Waals surface area contributed by atoms with Gasteiger partial charge in [0.2, 0.25) is 0 Å². The van der Waals surface area contributed by atoms with Crippen molar-refractivity contribution in [1.29, 1.82) is 0 Å². The summed E-state index contributed by atoms with van der Waals surface area (Å²) in [5.41, 5.74) is 11.1. The van der Waals surface area contributed by atoms with Crippen LogP contribution in [-0.2, 0) is 18.0 Å². The topological polar surface area (TPSA) is 6.48 Å². The third kappa shape index (κ3) is 9.63. The van der Waals surface area contributed by atoms with E-state index >= 15 is 0 Å². The fraction of sp³-hybridized carbons (Fsp3) is 0.368. The van der Waals surface area contributed by atoms with Crippen LogP contribution >= 0.6 is 11.8 Å². The highest BCUT2D eigenvalue weighted by atomic mass is 32.2. The number of fused-ring (bicyclic) bond motifs is 3. The van der Waals surface area contributed by atoms with Gasteiger partial charge in [-0.1, -0.05) is 128 Å². The van der Waals surface area contributed by atoms with Crippen LogP contribution in [0.25, 0.3) is 11.1 Å². The molecule has 1 atom stereocenters. The minimum atomic E-state index is -4.37. The van der Waals surface area contributed by atoms with Gasteiger partial charge in [0.15, 0.2) is 0 Å². The first-order chi connectivity index (χ1) is 30.1. The van der Waals surface area contributed by atoms with Gasteiger partial charge in [0.05, 0.1) is 5.56 Å². The Morgan fingerprint density at radius 1 is 0.571 bits per heavy atom. The Morgan fingerprint density at radius 2 is 1.08 bits per heavy atom. The van der Waals surface area contributed by atoms with Crippen LogP contribution in [0.1, 0.15) is 128 Å². The number of nitrogens with zero attached hydrogens (tertiary/aromatic N) is 2. The summed E-state index contributed by atoms with van der Waals surface area (Å²) in [5, 5.41) is 0. The van der Waals surface area contributed by atoms with E-state index in [1.165, 1.54) is 66.7 Å². The maximum Gasteiger partial charge on any atom is 0.416 e. The molecular weight excluding hydrogens is 802 g/mol. The van der Waals surface area contributed by atoms with Gasteiger partial charge in [-0.15, -0.1) is 0 Å². The lowest BCUT2D eigenvalue weighted by Gasteiger charge is -2.48. The molecule has 0 fully saturated rings. The number of para-hydroxylation sites is 1. The van der Waals surface area contributed by atoms with Crippen LogP contribution in [0, 0.1) is 5.41 Å². The lowest BCUT2D eigenvalue weighted by Crippen LogP contribution is -2.47. The Kier molecular flexibility index (Phi) is 13.9. The van der Waals surface area contributed by atoms with Crippen LogP contribution in [0.5, 0.6) is 0 Å². The molecule has 0 amide bonds. The van der Waals surface area contributed by atoms with Crippen molar-refractivity contribution in [2.75, 3.05) is 9.80 Å². The standard InChI is InChI=1S/C57H65F3N2S/c1-10-34-56(35-11-2,54(12-3)62(44-16-14-13-15-17-44)46-25-30-49(31-26-46)63-48-28-19-42(20-29-48)39(4)5)38-41-18-32-50-51-33-27-47(37-53(51)55(8,9)52(50)36-41)61(40(6)7)45-23-21-43(22-24-45)57(58,59)60/h13-33,36-37,39-40,54H,10-12,34-35,38H2,1-9H3. The summed E-state index contributed by atoms with van der Waals surface area (Å²) in [4.78, 5) is 7.26. The van der Waals surface area contributed by atoms with Gasteiger partial charge in [-0.05, 0) is 169 Å². The van der Waals surface area contributed by atoms with Crippen LogP contribution in [0.3, 0.4) is 0 Å². The largest absolute Gasteiger partial charge is 0.416 e. The average molecular weight is 867 g/mol. The Labute approximate surface area is 380 Å². The van der Waals surface area contributed by atoms with E-state index < -0.39 is 11.7 Å². The molecule has 1 aliphatic carbocycles. The van der Waals surface area contributed by atoms with E-state index in [4.69, 9.17) is 0 Å². The smallest absolute Gasteiger partial charge is 0.339 e. The minimum absolute atomic E-state index is 0.00386. The maximum atomic E-state index is 13.5. The summed E-state index contributed by atoms with van der Waals surface area (Å²) in [7, 11) is 0. The number of rotatable bonds is 17. The second kappa shape index (κ2) is 19.0. The highest BCUT2D eigenvalue weighted by molar-refractivity contribution is 7.99. The molecule has 0 radical (unpaired) electrons. The molecule has 330 valence electrons. The lowest BCUT2D eigenvalue weighted by atomic mass is 9.67. The maximum absolute atomic E-state index is 13.5. The molecule has 7 rings (SSSR count). The van der Waals surface area contributed by atoms with Crippen molar-refractivity contribution >= 4 is 34.5 Å². The molecule has 0 heterocycles. The quantitative estimate of drug-likeness (QED) is 0.0902. The molecule has 2 nitrogen and oxygen atoms in total.